The molecular weight excluding hydrogens is 278 g/mol. The fourth-order valence-electron chi connectivity index (χ4n) is 1.56. The Hall–Kier alpha value is -2.64. The van der Waals surface area contributed by atoms with Gasteiger partial charge in [-0.05, 0) is 18.6 Å². The number of carbonyl (C=O) groups excluding carboxylic acids is 2. The van der Waals surface area contributed by atoms with Crippen LogP contribution in [-0.4, -0.2) is 36.9 Å². The highest BCUT2D eigenvalue weighted by Crippen LogP contribution is 2.27. The maximum atomic E-state index is 11.8. The van der Waals surface area contributed by atoms with Crippen LogP contribution in [0.25, 0.3) is 0 Å². The second kappa shape index (κ2) is 7.83. The third kappa shape index (κ3) is 4.75. The van der Waals surface area contributed by atoms with Crippen molar-refractivity contribution in [3.05, 3.63) is 33.9 Å². The summed E-state index contributed by atoms with van der Waals surface area (Å²) >= 11 is 0. The minimum atomic E-state index is -0.635. The van der Waals surface area contributed by atoms with E-state index in [1.165, 1.54) is 19.2 Å². The number of carbonyl (C=O) groups is 2. The fourth-order valence-corrected chi connectivity index (χ4v) is 1.56. The maximum absolute atomic E-state index is 11.8. The highest BCUT2D eigenvalue weighted by atomic mass is 16.6. The van der Waals surface area contributed by atoms with Crippen LogP contribution in [0.1, 0.15) is 23.7 Å². The van der Waals surface area contributed by atoms with E-state index in [2.05, 4.69) is 10.6 Å². The van der Waals surface area contributed by atoms with Crippen molar-refractivity contribution in [3.63, 3.8) is 0 Å². The van der Waals surface area contributed by atoms with Crippen LogP contribution in [0.5, 0.6) is 5.75 Å². The van der Waals surface area contributed by atoms with Crippen LogP contribution in [-0.2, 0) is 4.79 Å². The smallest absolute Gasteiger partial charge is 0.311 e. The molecule has 0 bridgehead atoms. The topological polar surface area (TPSA) is 111 Å². The van der Waals surface area contributed by atoms with Gasteiger partial charge in [-0.15, -0.1) is 0 Å². The lowest BCUT2D eigenvalue weighted by Gasteiger charge is -2.07. The van der Waals surface area contributed by atoms with Crippen LogP contribution < -0.4 is 15.4 Å². The van der Waals surface area contributed by atoms with E-state index < -0.39 is 10.8 Å². The second-order valence-corrected chi connectivity index (χ2v) is 4.18. The predicted octanol–water partition coefficient (Wildman–Crippen LogP) is 0.859. The Morgan fingerprint density at radius 1 is 1.33 bits per heavy atom. The van der Waals surface area contributed by atoms with Crippen LogP contribution in [0.15, 0.2) is 18.2 Å². The number of rotatable bonds is 7. The number of ether oxygens (including phenoxy) is 1. The summed E-state index contributed by atoms with van der Waals surface area (Å²) in [5.74, 6) is -0.808. The number of nitrogens with one attached hydrogen (secondary N) is 2. The van der Waals surface area contributed by atoms with E-state index in [1.807, 2.05) is 6.92 Å². The summed E-state index contributed by atoms with van der Waals surface area (Å²) in [6.07, 6.45) is 0.796. The molecule has 1 aromatic rings. The van der Waals surface area contributed by atoms with Gasteiger partial charge in [0, 0.05) is 18.2 Å². The van der Waals surface area contributed by atoms with Crippen LogP contribution in [0.3, 0.4) is 0 Å². The lowest BCUT2D eigenvalue weighted by Crippen LogP contribution is -2.37. The molecule has 114 valence electrons. The molecule has 1 rings (SSSR count). The molecule has 0 heterocycles. The molecular formula is C13H17N3O5. The number of nitro benzene ring substituents is 1. The van der Waals surface area contributed by atoms with Gasteiger partial charge in [-0.3, -0.25) is 19.7 Å². The lowest BCUT2D eigenvalue weighted by atomic mass is 10.1. The van der Waals surface area contributed by atoms with Gasteiger partial charge in [0.2, 0.25) is 5.91 Å². The van der Waals surface area contributed by atoms with Crippen molar-refractivity contribution in [2.24, 2.45) is 0 Å². The first kappa shape index (κ1) is 16.4. The molecule has 0 unspecified atom stereocenters. The standard InChI is InChI=1S/C13H17N3O5/c1-3-6-14-12(17)8-15-13(18)9-4-5-11(21-2)10(7-9)16(19)20/h4-5,7H,3,6,8H2,1-2H3,(H,14,17)(H,15,18). The number of nitrogens with zero attached hydrogens (tertiary/aromatic N) is 1. The minimum absolute atomic E-state index is 0.0669. The Morgan fingerprint density at radius 3 is 2.62 bits per heavy atom. The van der Waals surface area contributed by atoms with E-state index in [4.69, 9.17) is 4.74 Å². The molecule has 2 amide bonds. The average molecular weight is 295 g/mol. The molecule has 0 atom stereocenters. The minimum Gasteiger partial charge on any atom is -0.490 e. The average Bonchev–Trinajstić information content (AvgIpc) is 2.49. The first-order chi connectivity index (χ1) is 9.99. The summed E-state index contributed by atoms with van der Waals surface area (Å²) in [6.45, 7) is 2.26. The van der Waals surface area contributed by atoms with Gasteiger partial charge in [-0.1, -0.05) is 6.92 Å². The molecule has 0 fully saturated rings. The lowest BCUT2D eigenvalue weighted by molar-refractivity contribution is -0.385. The van der Waals surface area contributed by atoms with E-state index in [1.54, 1.807) is 0 Å². The SMILES string of the molecule is CCCNC(=O)CNC(=O)c1ccc(OC)c([N+](=O)[O-])c1. The molecule has 0 radical (unpaired) electrons. The van der Waals surface area contributed by atoms with Crippen molar-refractivity contribution in [1.82, 2.24) is 10.6 Å². The van der Waals surface area contributed by atoms with Crippen molar-refractivity contribution in [3.8, 4) is 5.75 Å². The van der Waals surface area contributed by atoms with Crippen LogP contribution in [0, 0.1) is 10.1 Å². The van der Waals surface area contributed by atoms with Crippen LogP contribution in [0.4, 0.5) is 5.69 Å². The van der Waals surface area contributed by atoms with Crippen molar-refractivity contribution in [2.75, 3.05) is 20.2 Å². The quantitative estimate of drug-likeness (QED) is 0.572. The molecule has 0 aliphatic carbocycles. The van der Waals surface area contributed by atoms with Gasteiger partial charge in [-0.25, -0.2) is 0 Å². The summed E-state index contributed by atoms with van der Waals surface area (Å²) in [6, 6.07) is 3.84. The van der Waals surface area contributed by atoms with E-state index in [-0.39, 0.29) is 29.5 Å². The van der Waals surface area contributed by atoms with Crippen molar-refractivity contribution in [1.29, 1.82) is 0 Å². The summed E-state index contributed by atoms with van der Waals surface area (Å²) in [5.41, 5.74) is -0.216. The van der Waals surface area contributed by atoms with E-state index in [0.29, 0.717) is 6.54 Å². The van der Waals surface area contributed by atoms with Gasteiger partial charge in [0.1, 0.15) is 0 Å². The van der Waals surface area contributed by atoms with Gasteiger partial charge in [-0.2, -0.15) is 0 Å². The zero-order valence-corrected chi connectivity index (χ0v) is 11.8. The Balaban J connectivity index is 2.72. The van der Waals surface area contributed by atoms with Crippen LogP contribution in [0.2, 0.25) is 0 Å². The number of amides is 2. The van der Waals surface area contributed by atoms with Gasteiger partial charge >= 0.3 is 5.69 Å². The number of hydrogen-bond donors (Lipinski definition) is 2. The Kier molecular flexibility index (Phi) is 6.12. The number of methoxy groups -OCH3 is 1. The largest absolute Gasteiger partial charge is 0.490 e. The third-order valence-electron chi connectivity index (χ3n) is 2.62. The number of nitro groups is 1. The van der Waals surface area contributed by atoms with Gasteiger partial charge in [0.05, 0.1) is 18.6 Å². The molecule has 8 heteroatoms. The molecule has 0 aliphatic rings. The Labute approximate surface area is 121 Å². The van der Waals surface area contributed by atoms with Crippen LogP contribution >= 0.6 is 0 Å². The predicted molar refractivity (Wildman–Crippen MR) is 75.3 cm³/mol. The molecule has 1 aromatic carbocycles. The van der Waals surface area contributed by atoms with E-state index >= 15 is 0 Å². The fraction of sp³-hybridized carbons (Fsp3) is 0.385. The molecule has 8 nitrogen and oxygen atoms in total. The number of benzene rings is 1. The Morgan fingerprint density at radius 2 is 2.05 bits per heavy atom. The summed E-state index contributed by atoms with van der Waals surface area (Å²) in [4.78, 5) is 33.4. The van der Waals surface area contributed by atoms with Crippen molar-refractivity contribution in [2.45, 2.75) is 13.3 Å². The highest BCUT2D eigenvalue weighted by Gasteiger charge is 2.18. The normalized spacial score (nSPS) is 9.81. The third-order valence-corrected chi connectivity index (χ3v) is 2.62. The molecule has 0 spiro atoms. The van der Waals surface area contributed by atoms with Gasteiger partial charge < -0.3 is 15.4 Å². The number of hydrogen-bond acceptors (Lipinski definition) is 5. The second-order valence-electron chi connectivity index (χ2n) is 4.18. The van der Waals surface area contributed by atoms with Crippen molar-refractivity contribution < 1.29 is 19.2 Å². The molecule has 0 aromatic heterocycles. The molecule has 0 saturated heterocycles. The first-order valence-corrected chi connectivity index (χ1v) is 6.37. The molecule has 21 heavy (non-hydrogen) atoms. The summed E-state index contributed by atoms with van der Waals surface area (Å²) in [7, 11) is 1.31. The molecule has 0 saturated carbocycles. The summed E-state index contributed by atoms with van der Waals surface area (Å²) in [5, 5.41) is 15.9. The zero-order chi connectivity index (χ0) is 15.8. The van der Waals surface area contributed by atoms with Gasteiger partial charge in [0.25, 0.3) is 5.91 Å². The zero-order valence-electron chi connectivity index (χ0n) is 11.8. The summed E-state index contributed by atoms with van der Waals surface area (Å²) < 4.78 is 4.85. The van der Waals surface area contributed by atoms with Crippen molar-refractivity contribution >= 4 is 17.5 Å². The molecule has 0 aliphatic heterocycles. The van der Waals surface area contributed by atoms with E-state index in [0.717, 1.165) is 12.5 Å². The first-order valence-electron chi connectivity index (χ1n) is 6.37. The molecule has 2 N–H and O–H groups in total. The monoisotopic (exact) mass is 295 g/mol. The van der Waals surface area contributed by atoms with E-state index in [9.17, 15) is 19.7 Å². The van der Waals surface area contributed by atoms with Gasteiger partial charge in [0.15, 0.2) is 5.75 Å². The maximum Gasteiger partial charge on any atom is 0.311 e. The Bertz CT molecular complexity index is 545. The highest BCUT2D eigenvalue weighted by molar-refractivity contribution is 5.97.